The minimum Gasteiger partial charge on any atom is -0.344 e. The van der Waals surface area contributed by atoms with Gasteiger partial charge in [0.25, 0.3) is 0 Å². The van der Waals surface area contributed by atoms with Gasteiger partial charge < -0.3 is 23.9 Å². The van der Waals surface area contributed by atoms with E-state index in [9.17, 15) is 0 Å². The van der Waals surface area contributed by atoms with Crippen molar-refractivity contribution in [3.05, 3.63) is 283 Å². The zero-order chi connectivity index (χ0) is 50.3. The number of amidine groups is 2. The number of benzene rings is 9. The van der Waals surface area contributed by atoms with Crippen molar-refractivity contribution in [2.45, 2.75) is 19.0 Å². The lowest BCUT2D eigenvalue weighted by Crippen LogP contribution is -2.34. The van der Waals surface area contributed by atoms with Crippen LogP contribution in [-0.2, 0) is 6.42 Å². The molecule has 15 rings (SSSR count). The number of allylic oxidation sites excluding steroid dienone is 5. The first-order valence-electron chi connectivity index (χ1n) is 26.1. The monoisotopic (exact) mass is 975 g/mol. The summed E-state index contributed by atoms with van der Waals surface area (Å²) in [5.74, 6) is 1.38. The van der Waals surface area contributed by atoms with Crippen LogP contribution in [0.5, 0.6) is 0 Å². The highest BCUT2D eigenvalue weighted by Gasteiger charge is 2.27. The van der Waals surface area contributed by atoms with Gasteiger partial charge in [0.05, 0.1) is 33.3 Å². The largest absolute Gasteiger partial charge is 0.344 e. The highest BCUT2D eigenvalue weighted by atomic mass is 15.2. The number of para-hydroxylation sites is 6. The number of hydrogen-bond donors (Lipinski definition) is 1. The number of aryl methyl sites for hydroxylation is 1. The van der Waals surface area contributed by atoms with E-state index in [-0.39, 0.29) is 0 Å². The Morgan fingerprint density at radius 3 is 1.66 bits per heavy atom. The van der Waals surface area contributed by atoms with Gasteiger partial charge in [-0.15, -0.1) is 0 Å². The summed E-state index contributed by atoms with van der Waals surface area (Å²) in [5, 5.41) is 10.1. The summed E-state index contributed by atoms with van der Waals surface area (Å²) in [6.45, 7) is 4.49. The predicted octanol–water partition coefficient (Wildman–Crippen LogP) is 16.5. The molecule has 1 unspecified atom stereocenters. The molecule has 7 heteroatoms. The molecule has 0 fully saturated rings. The molecule has 2 aliphatic heterocycles. The lowest BCUT2D eigenvalue weighted by atomic mass is 10.0. The zero-order valence-electron chi connectivity index (χ0n) is 41.6. The number of hydrogen-bond acceptors (Lipinski definition) is 4. The normalized spacial score (nSPS) is 16.1. The lowest BCUT2D eigenvalue weighted by Gasteiger charge is -2.29. The Labute approximate surface area is 440 Å². The standard InChI is InChI=1S/C69H49N7/c1-45-21-19-20-38-73(60-31-12-5-24-53(45)60)49-39-47(40-50(43-49)74-61-32-13-6-25-54(61)55-26-7-14-33-62(55)74)68-70-67(46-22-3-2-4-23-46)71-69(72-68)48-41-51(75-63-34-15-8-27-56(63)57-28-9-16-35-64(57)75)44-52(42-48)76-65-36-17-10-29-58(65)59-30-11-18-37-66(59)76/h2-10,12-29,31-44,68H,1,11,30H2,(H,70,71,72)/b21-19-,38-20-. The summed E-state index contributed by atoms with van der Waals surface area (Å²) >= 11 is 0. The summed E-state index contributed by atoms with van der Waals surface area (Å²) < 4.78 is 7.26. The fourth-order valence-corrected chi connectivity index (χ4v) is 12.0. The lowest BCUT2D eigenvalue weighted by molar-refractivity contribution is 0.673. The van der Waals surface area contributed by atoms with Crippen molar-refractivity contribution in [3.8, 4) is 17.1 Å². The van der Waals surface area contributed by atoms with Gasteiger partial charge in [-0.2, -0.15) is 0 Å². The van der Waals surface area contributed by atoms with Gasteiger partial charge in [-0.3, -0.25) is 0 Å². The number of aromatic nitrogens is 3. The maximum atomic E-state index is 5.57. The maximum absolute atomic E-state index is 5.57. The molecule has 0 amide bonds. The van der Waals surface area contributed by atoms with E-state index in [0.717, 1.165) is 97.0 Å². The van der Waals surface area contributed by atoms with Crippen LogP contribution in [0.4, 0.5) is 11.4 Å². The van der Waals surface area contributed by atoms with Crippen LogP contribution in [0.1, 0.15) is 46.1 Å². The van der Waals surface area contributed by atoms with Gasteiger partial charge in [-0.25, -0.2) is 9.98 Å². The summed E-state index contributed by atoms with van der Waals surface area (Å²) in [6, 6.07) is 76.5. The number of nitrogens with zero attached hydrogens (tertiary/aromatic N) is 6. The Kier molecular flexibility index (Phi) is 10.1. The van der Waals surface area contributed by atoms with E-state index < -0.39 is 6.17 Å². The smallest absolute Gasteiger partial charge is 0.159 e. The molecule has 0 radical (unpaired) electrons. The number of rotatable bonds is 7. The molecule has 5 heterocycles. The molecule has 1 atom stereocenters. The molecule has 1 aliphatic carbocycles. The van der Waals surface area contributed by atoms with Crippen molar-refractivity contribution < 1.29 is 0 Å². The minimum absolute atomic E-state index is 0.554. The molecule has 3 aliphatic rings. The first-order valence-corrected chi connectivity index (χ1v) is 26.1. The third kappa shape index (κ3) is 7.04. The van der Waals surface area contributed by atoms with Crippen LogP contribution < -0.4 is 10.2 Å². The average Bonchev–Trinajstić information content (AvgIpc) is 4.13. The van der Waals surface area contributed by atoms with Crippen LogP contribution in [0.15, 0.2) is 259 Å². The van der Waals surface area contributed by atoms with E-state index in [2.05, 4.69) is 273 Å². The van der Waals surface area contributed by atoms with Gasteiger partial charge in [-0.1, -0.05) is 164 Å². The van der Waals surface area contributed by atoms with Crippen LogP contribution in [0, 0.1) is 0 Å². The van der Waals surface area contributed by atoms with E-state index in [1.165, 1.54) is 43.7 Å². The maximum Gasteiger partial charge on any atom is 0.159 e. The van der Waals surface area contributed by atoms with Gasteiger partial charge in [-0.05, 0) is 109 Å². The number of nitrogens with one attached hydrogen (secondary N) is 1. The molecule has 0 saturated heterocycles. The van der Waals surface area contributed by atoms with Crippen molar-refractivity contribution in [1.82, 2.24) is 19.0 Å². The minimum atomic E-state index is -0.554. The molecule has 76 heavy (non-hydrogen) atoms. The third-order valence-electron chi connectivity index (χ3n) is 15.4. The molecule has 12 aromatic rings. The van der Waals surface area contributed by atoms with Crippen LogP contribution in [0.3, 0.4) is 0 Å². The van der Waals surface area contributed by atoms with Gasteiger partial charge >= 0.3 is 0 Å². The Bertz CT molecular complexity index is 4430. The summed E-state index contributed by atoms with van der Waals surface area (Å²) in [4.78, 5) is 13.4. The van der Waals surface area contributed by atoms with Gasteiger partial charge in [0, 0.05) is 83.8 Å². The second-order valence-corrected chi connectivity index (χ2v) is 19.9. The number of anilines is 2. The van der Waals surface area contributed by atoms with E-state index in [1.54, 1.807) is 0 Å². The topological polar surface area (TPSA) is 54.8 Å². The predicted molar refractivity (Wildman–Crippen MR) is 317 cm³/mol. The Morgan fingerprint density at radius 2 is 1.00 bits per heavy atom. The van der Waals surface area contributed by atoms with Crippen molar-refractivity contribution >= 4 is 89.2 Å². The highest BCUT2D eigenvalue weighted by molar-refractivity contribution is 6.14. The summed E-state index contributed by atoms with van der Waals surface area (Å²) in [7, 11) is 0. The molecule has 0 bridgehead atoms. The van der Waals surface area contributed by atoms with Crippen LogP contribution in [0.2, 0.25) is 0 Å². The first kappa shape index (κ1) is 43.6. The first-order chi connectivity index (χ1) is 37.6. The van der Waals surface area contributed by atoms with Gasteiger partial charge in [0.15, 0.2) is 5.84 Å². The zero-order valence-corrected chi connectivity index (χ0v) is 41.6. The molecule has 0 spiro atoms. The molecule has 1 N–H and O–H groups in total. The van der Waals surface area contributed by atoms with Crippen LogP contribution in [0.25, 0.3) is 83.2 Å². The van der Waals surface area contributed by atoms with Crippen molar-refractivity contribution in [1.29, 1.82) is 0 Å². The third-order valence-corrected chi connectivity index (χ3v) is 15.4. The highest BCUT2D eigenvalue weighted by Crippen LogP contribution is 2.41. The second kappa shape index (κ2) is 17.6. The van der Waals surface area contributed by atoms with Crippen LogP contribution >= 0.6 is 0 Å². The molecule has 3 aromatic heterocycles. The molecular formula is C69H49N7. The molecular weight excluding hydrogens is 927 g/mol. The van der Waals surface area contributed by atoms with Crippen molar-refractivity contribution in [2.24, 2.45) is 9.98 Å². The van der Waals surface area contributed by atoms with Gasteiger partial charge in [0.1, 0.15) is 12.0 Å². The Morgan fingerprint density at radius 1 is 0.474 bits per heavy atom. The average molecular weight is 976 g/mol. The fraction of sp³-hybridized carbons (Fsp3) is 0.0435. The molecule has 360 valence electrons. The second-order valence-electron chi connectivity index (χ2n) is 19.9. The molecule has 0 saturated carbocycles. The fourth-order valence-electron chi connectivity index (χ4n) is 12.0. The van der Waals surface area contributed by atoms with Gasteiger partial charge in [0.2, 0.25) is 0 Å². The summed E-state index contributed by atoms with van der Waals surface area (Å²) in [5.41, 5.74) is 18.3. The van der Waals surface area contributed by atoms with E-state index in [0.29, 0.717) is 5.84 Å². The van der Waals surface area contributed by atoms with Crippen LogP contribution in [-0.4, -0.2) is 25.4 Å². The van der Waals surface area contributed by atoms with Crippen molar-refractivity contribution in [3.63, 3.8) is 0 Å². The Hall–Kier alpha value is -9.98. The molecule has 9 aromatic carbocycles. The summed E-state index contributed by atoms with van der Waals surface area (Å²) in [6.07, 6.45) is 14.5. The Balaban J connectivity index is 0.975. The van der Waals surface area contributed by atoms with E-state index >= 15 is 0 Å². The quantitative estimate of drug-likeness (QED) is 0.173. The van der Waals surface area contributed by atoms with Crippen molar-refractivity contribution in [2.75, 3.05) is 4.90 Å². The molecule has 7 nitrogen and oxygen atoms in total. The number of aliphatic imine (C=N–C) groups is 2. The number of fused-ring (bicyclic) bond motifs is 10. The SMILES string of the molecule is C=C1/C=C\C=C/N(c2cc(C3N=C(c4ccccc4)N=C(c4cc(-n5c6c(c7ccccc75)CCC=C6)cc(-n5c6ccccc6c6ccccc65)c4)N3)cc(-n3c4ccccc4c4ccccc43)c2)c2ccccc21. The van der Waals surface area contributed by atoms with E-state index in [4.69, 9.17) is 9.98 Å². The van der Waals surface area contributed by atoms with E-state index in [1.807, 2.05) is 6.07 Å².